The Kier molecular flexibility index (Phi) is 8.16. The molecule has 1 unspecified atom stereocenters. The molecule has 4 nitrogen and oxygen atoms in total. The van der Waals surface area contributed by atoms with Crippen molar-refractivity contribution in [1.29, 1.82) is 0 Å². The highest BCUT2D eigenvalue weighted by molar-refractivity contribution is 5.85. The van der Waals surface area contributed by atoms with E-state index in [1.807, 2.05) is 18.2 Å². The van der Waals surface area contributed by atoms with Gasteiger partial charge in [-0.15, -0.1) is 12.4 Å². The zero-order valence-electron chi connectivity index (χ0n) is 14.9. The number of benzene rings is 2. The fourth-order valence-corrected chi connectivity index (χ4v) is 2.89. The summed E-state index contributed by atoms with van der Waals surface area (Å²) in [7, 11) is 1.61. The molecule has 0 spiro atoms. The molecule has 0 radical (unpaired) electrons. The minimum absolute atomic E-state index is 0. The van der Waals surface area contributed by atoms with Gasteiger partial charge in [0.25, 0.3) is 0 Å². The minimum Gasteiger partial charge on any atom is -0.493 e. The van der Waals surface area contributed by atoms with Crippen molar-refractivity contribution in [3.8, 4) is 11.5 Å². The molecule has 1 saturated heterocycles. The Hall–Kier alpha value is -1.82. The zero-order chi connectivity index (χ0) is 17.5. The van der Waals surface area contributed by atoms with Gasteiger partial charge >= 0.3 is 0 Å². The van der Waals surface area contributed by atoms with E-state index in [9.17, 15) is 4.39 Å². The third-order valence-corrected chi connectivity index (χ3v) is 4.29. The summed E-state index contributed by atoms with van der Waals surface area (Å²) in [5.74, 6) is 0.984. The van der Waals surface area contributed by atoms with Gasteiger partial charge in [0.15, 0.2) is 11.5 Å². The minimum atomic E-state index is -0.267. The van der Waals surface area contributed by atoms with Crippen molar-refractivity contribution in [3.63, 3.8) is 0 Å². The lowest BCUT2D eigenvalue weighted by Gasteiger charge is -2.14. The standard InChI is InChI=1S/C20H24FNO3.ClH/c1-23-20-11-15(12-22-13-17-6-4-10-24-17)8-9-19(20)25-14-16-5-2-3-7-18(16)21;/h2-3,5,7-9,11,17,22H,4,6,10,12-14H2,1H3;1H. The number of hydrogen-bond acceptors (Lipinski definition) is 4. The SMILES string of the molecule is COc1cc(CNCC2CCCO2)ccc1OCc1ccccc1F.Cl. The summed E-state index contributed by atoms with van der Waals surface area (Å²) in [6, 6.07) is 12.4. The first-order valence-corrected chi connectivity index (χ1v) is 8.61. The van der Waals surface area contributed by atoms with Gasteiger partial charge in [0.1, 0.15) is 12.4 Å². The highest BCUT2D eigenvalue weighted by Gasteiger charge is 2.14. The lowest BCUT2D eigenvalue weighted by atomic mass is 10.2. The summed E-state index contributed by atoms with van der Waals surface area (Å²) in [5.41, 5.74) is 1.62. The number of methoxy groups -OCH3 is 1. The molecule has 0 aliphatic carbocycles. The predicted octanol–water partition coefficient (Wildman–Crippen LogP) is 4.10. The van der Waals surface area contributed by atoms with Crippen molar-refractivity contribution < 1.29 is 18.6 Å². The zero-order valence-corrected chi connectivity index (χ0v) is 15.7. The van der Waals surface area contributed by atoms with E-state index in [1.54, 1.807) is 25.3 Å². The Labute approximate surface area is 160 Å². The largest absolute Gasteiger partial charge is 0.493 e. The highest BCUT2D eigenvalue weighted by atomic mass is 35.5. The second-order valence-electron chi connectivity index (χ2n) is 6.13. The summed E-state index contributed by atoms with van der Waals surface area (Å²) in [6.07, 6.45) is 2.60. The smallest absolute Gasteiger partial charge is 0.161 e. The van der Waals surface area contributed by atoms with E-state index in [0.29, 0.717) is 23.2 Å². The molecule has 0 aromatic heterocycles. The molecule has 1 atom stereocenters. The molecule has 2 aromatic carbocycles. The van der Waals surface area contributed by atoms with E-state index in [2.05, 4.69) is 5.32 Å². The van der Waals surface area contributed by atoms with Crippen molar-refractivity contribution in [2.45, 2.75) is 32.1 Å². The number of hydrogen-bond donors (Lipinski definition) is 1. The van der Waals surface area contributed by atoms with E-state index < -0.39 is 0 Å². The third kappa shape index (κ3) is 5.59. The van der Waals surface area contributed by atoms with E-state index in [4.69, 9.17) is 14.2 Å². The van der Waals surface area contributed by atoms with Crippen LogP contribution in [-0.2, 0) is 17.9 Å². The average Bonchev–Trinajstić information content (AvgIpc) is 3.15. The monoisotopic (exact) mass is 381 g/mol. The van der Waals surface area contributed by atoms with Crippen molar-refractivity contribution >= 4 is 12.4 Å². The molecule has 2 aromatic rings. The molecule has 1 fully saturated rings. The van der Waals surface area contributed by atoms with E-state index >= 15 is 0 Å². The van der Waals surface area contributed by atoms with Crippen LogP contribution >= 0.6 is 12.4 Å². The second-order valence-corrected chi connectivity index (χ2v) is 6.13. The van der Waals surface area contributed by atoms with Crippen LogP contribution in [0.4, 0.5) is 4.39 Å². The fourth-order valence-electron chi connectivity index (χ4n) is 2.89. The normalized spacial score (nSPS) is 16.2. The van der Waals surface area contributed by atoms with Crippen LogP contribution in [0.5, 0.6) is 11.5 Å². The van der Waals surface area contributed by atoms with Gasteiger partial charge in [0.2, 0.25) is 0 Å². The summed E-state index contributed by atoms with van der Waals surface area (Å²) >= 11 is 0. The summed E-state index contributed by atoms with van der Waals surface area (Å²) in [4.78, 5) is 0. The Balaban J connectivity index is 0.00000243. The maximum absolute atomic E-state index is 13.7. The molecule has 3 rings (SSSR count). The Bertz CT molecular complexity index is 693. The maximum Gasteiger partial charge on any atom is 0.161 e. The highest BCUT2D eigenvalue weighted by Crippen LogP contribution is 2.29. The maximum atomic E-state index is 13.7. The molecule has 0 saturated carbocycles. The van der Waals surface area contributed by atoms with Gasteiger partial charge in [-0.25, -0.2) is 4.39 Å². The van der Waals surface area contributed by atoms with Crippen molar-refractivity contribution in [3.05, 3.63) is 59.4 Å². The van der Waals surface area contributed by atoms with E-state index in [1.165, 1.54) is 6.07 Å². The first kappa shape index (κ1) is 20.5. The van der Waals surface area contributed by atoms with Crippen LogP contribution in [0.2, 0.25) is 0 Å². The number of nitrogens with one attached hydrogen (secondary N) is 1. The molecule has 0 amide bonds. The number of rotatable bonds is 8. The molecule has 0 bridgehead atoms. The quantitative estimate of drug-likeness (QED) is 0.747. The Morgan fingerprint density at radius 1 is 1.19 bits per heavy atom. The van der Waals surface area contributed by atoms with Gasteiger partial charge in [-0.2, -0.15) is 0 Å². The molecular formula is C20H25ClFNO3. The van der Waals surface area contributed by atoms with E-state index in [-0.39, 0.29) is 24.8 Å². The summed E-state index contributed by atoms with van der Waals surface area (Å²) < 4.78 is 30.4. The molecular weight excluding hydrogens is 357 g/mol. The first-order chi connectivity index (χ1) is 12.3. The average molecular weight is 382 g/mol. The van der Waals surface area contributed by atoms with Crippen molar-refractivity contribution in [2.24, 2.45) is 0 Å². The van der Waals surface area contributed by atoms with Crippen LogP contribution in [0.25, 0.3) is 0 Å². The lowest BCUT2D eigenvalue weighted by molar-refractivity contribution is 0.110. The molecule has 26 heavy (non-hydrogen) atoms. The summed E-state index contributed by atoms with van der Waals surface area (Å²) in [5, 5.41) is 3.41. The molecule has 142 valence electrons. The third-order valence-electron chi connectivity index (χ3n) is 4.29. The van der Waals surface area contributed by atoms with Crippen molar-refractivity contribution in [2.75, 3.05) is 20.3 Å². The van der Waals surface area contributed by atoms with Gasteiger partial charge in [-0.3, -0.25) is 0 Å². The summed E-state index contributed by atoms with van der Waals surface area (Å²) in [6.45, 7) is 2.63. The van der Waals surface area contributed by atoms with Crippen molar-refractivity contribution in [1.82, 2.24) is 5.32 Å². The topological polar surface area (TPSA) is 39.7 Å². The number of ether oxygens (including phenoxy) is 3. The van der Waals surface area contributed by atoms with Crippen LogP contribution in [0.3, 0.4) is 0 Å². The van der Waals surface area contributed by atoms with Crippen LogP contribution in [0.15, 0.2) is 42.5 Å². The Morgan fingerprint density at radius 2 is 2.04 bits per heavy atom. The van der Waals surface area contributed by atoms with Gasteiger partial charge in [-0.05, 0) is 36.6 Å². The second kappa shape index (κ2) is 10.4. The van der Waals surface area contributed by atoms with Crippen LogP contribution < -0.4 is 14.8 Å². The predicted molar refractivity (Wildman–Crippen MR) is 102 cm³/mol. The van der Waals surface area contributed by atoms with Gasteiger partial charge < -0.3 is 19.5 Å². The molecule has 1 aliphatic rings. The molecule has 1 aliphatic heterocycles. The number of halogens is 2. The van der Waals surface area contributed by atoms with Crippen LogP contribution in [-0.4, -0.2) is 26.4 Å². The molecule has 1 heterocycles. The van der Waals surface area contributed by atoms with Crippen LogP contribution in [0, 0.1) is 5.82 Å². The van der Waals surface area contributed by atoms with Gasteiger partial charge in [-0.1, -0.05) is 24.3 Å². The van der Waals surface area contributed by atoms with Crippen LogP contribution in [0.1, 0.15) is 24.0 Å². The first-order valence-electron chi connectivity index (χ1n) is 8.61. The fraction of sp³-hybridized carbons (Fsp3) is 0.400. The van der Waals surface area contributed by atoms with E-state index in [0.717, 1.165) is 38.1 Å². The molecule has 1 N–H and O–H groups in total. The Morgan fingerprint density at radius 3 is 2.77 bits per heavy atom. The lowest BCUT2D eigenvalue weighted by Crippen LogP contribution is -2.25. The van der Waals surface area contributed by atoms with Gasteiger partial charge in [0.05, 0.1) is 13.2 Å². The molecule has 6 heteroatoms. The van der Waals surface area contributed by atoms with Gasteiger partial charge in [0, 0.05) is 25.3 Å².